The number of hydrogen-bond acceptors (Lipinski definition) is 4. The second-order valence-electron chi connectivity index (χ2n) is 4.55. The van der Waals surface area contributed by atoms with Crippen molar-refractivity contribution in [2.75, 3.05) is 31.2 Å². The van der Waals surface area contributed by atoms with E-state index in [1.54, 1.807) is 6.07 Å². The highest BCUT2D eigenvalue weighted by Gasteiger charge is 2.15. The topological polar surface area (TPSA) is 42.7 Å². The molecule has 3 rings (SSSR count). The van der Waals surface area contributed by atoms with Gasteiger partial charge in [0.2, 0.25) is 0 Å². The molecule has 1 saturated heterocycles. The van der Waals surface area contributed by atoms with Gasteiger partial charge in [0, 0.05) is 19.2 Å². The Morgan fingerprint density at radius 1 is 1.17 bits per heavy atom. The fourth-order valence-corrected chi connectivity index (χ4v) is 2.19. The molecule has 0 saturated carbocycles. The number of benzene rings is 1. The van der Waals surface area contributed by atoms with E-state index in [0.29, 0.717) is 30.1 Å². The summed E-state index contributed by atoms with van der Waals surface area (Å²) >= 11 is 0. The number of fused-ring (bicyclic) bond motifs is 1. The Labute approximate surface area is 105 Å². The van der Waals surface area contributed by atoms with E-state index in [1.807, 2.05) is 30.0 Å². The number of hydrogen-bond donors (Lipinski definition) is 0. The highest BCUT2D eigenvalue weighted by Crippen LogP contribution is 2.20. The van der Waals surface area contributed by atoms with Gasteiger partial charge < -0.3 is 14.1 Å². The molecular formula is C14H15NO3. The molecule has 4 heteroatoms. The summed E-state index contributed by atoms with van der Waals surface area (Å²) in [5.41, 5.74) is 1.76. The molecular weight excluding hydrogens is 230 g/mol. The van der Waals surface area contributed by atoms with Gasteiger partial charge in [-0.05, 0) is 24.6 Å². The van der Waals surface area contributed by atoms with Gasteiger partial charge in [0.05, 0.1) is 18.6 Å². The molecule has 0 N–H and O–H groups in total. The van der Waals surface area contributed by atoms with Gasteiger partial charge in [-0.3, -0.25) is 4.79 Å². The van der Waals surface area contributed by atoms with Crippen LogP contribution in [0.15, 0.2) is 33.5 Å². The molecule has 1 aliphatic heterocycles. The SMILES string of the molecule is Cc1ccc2c(=O)cc(N3CCOCC3)oc2c1. The summed E-state index contributed by atoms with van der Waals surface area (Å²) in [7, 11) is 0. The average molecular weight is 245 g/mol. The van der Waals surface area contributed by atoms with Crippen LogP contribution in [0.5, 0.6) is 0 Å². The number of ether oxygens (including phenoxy) is 1. The Morgan fingerprint density at radius 3 is 2.72 bits per heavy atom. The van der Waals surface area contributed by atoms with Gasteiger partial charge in [-0.2, -0.15) is 0 Å². The van der Waals surface area contributed by atoms with Crippen molar-refractivity contribution < 1.29 is 9.15 Å². The van der Waals surface area contributed by atoms with E-state index in [-0.39, 0.29) is 5.43 Å². The standard InChI is InChI=1S/C14H15NO3/c1-10-2-3-11-12(16)9-14(18-13(11)8-10)15-4-6-17-7-5-15/h2-3,8-9H,4-7H2,1H3. The second kappa shape index (κ2) is 4.46. The summed E-state index contributed by atoms with van der Waals surface area (Å²) < 4.78 is 11.1. The van der Waals surface area contributed by atoms with E-state index in [0.717, 1.165) is 18.7 Å². The van der Waals surface area contributed by atoms with Crippen LogP contribution in [0.1, 0.15) is 5.56 Å². The first-order chi connectivity index (χ1) is 8.74. The zero-order valence-electron chi connectivity index (χ0n) is 10.3. The maximum atomic E-state index is 12.0. The van der Waals surface area contributed by atoms with Crippen LogP contribution in [0.25, 0.3) is 11.0 Å². The predicted molar refractivity (Wildman–Crippen MR) is 70.3 cm³/mol. The smallest absolute Gasteiger partial charge is 0.200 e. The highest BCUT2D eigenvalue weighted by atomic mass is 16.5. The first-order valence-electron chi connectivity index (χ1n) is 6.11. The van der Waals surface area contributed by atoms with E-state index in [9.17, 15) is 4.79 Å². The minimum atomic E-state index is 0.0118. The zero-order chi connectivity index (χ0) is 12.5. The zero-order valence-corrected chi connectivity index (χ0v) is 10.3. The maximum Gasteiger partial charge on any atom is 0.200 e. The third-order valence-corrected chi connectivity index (χ3v) is 3.19. The lowest BCUT2D eigenvalue weighted by Gasteiger charge is -2.27. The van der Waals surface area contributed by atoms with Gasteiger partial charge in [0.15, 0.2) is 11.3 Å². The molecule has 0 bridgehead atoms. The number of nitrogens with zero attached hydrogens (tertiary/aromatic N) is 1. The molecule has 2 heterocycles. The van der Waals surface area contributed by atoms with Crippen molar-refractivity contribution in [2.24, 2.45) is 0 Å². The van der Waals surface area contributed by atoms with Crippen LogP contribution in [-0.4, -0.2) is 26.3 Å². The first-order valence-corrected chi connectivity index (χ1v) is 6.11. The highest BCUT2D eigenvalue weighted by molar-refractivity contribution is 5.78. The van der Waals surface area contributed by atoms with Gasteiger partial charge in [-0.15, -0.1) is 0 Å². The molecule has 94 valence electrons. The van der Waals surface area contributed by atoms with Gasteiger partial charge in [-0.1, -0.05) is 6.07 Å². The average Bonchev–Trinajstić information content (AvgIpc) is 2.39. The second-order valence-corrected chi connectivity index (χ2v) is 4.55. The number of anilines is 1. The molecule has 18 heavy (non-hydrogen) atoms. The first kappa shape index (κ1) is 11.3. The minimum Gasteiger partial charge on any atom is -0.440 e. The van der Waals surface area contributed by atoms with Gasteiger partial charge in [0.25, 0.3) is 0 Å². The minimum absolute atomic E-state index is 0.0118. The van der Waals surface area contributed by atoms with Crippen LogP contribution in [0.3, 0.4) is 0 Å². The third kappa shape index (κ3) is 1.99. The van der Waals surface area contributed by atoms with Crippen LogP contribution in [0.2, 0.25) is 0 Å². The van der Waals surface area contributed by atoms with Crippen molar-refractivity contribution in [1.82, 2.24) is 0 Å². The van der Waals surface area contributed by atoms with Gasteiger partial charge in [0.1, 0.15) is 5.58 Å². The lowest BCUT2D eigenvalue weighted by Crippen LogP contribution is -2.36. The van der Waals surface area contributed by atoms with E-state index in [4.69, 9.17) is 9.15 Å². The van der Waals surface area contributed by atoms with Crippen LogP contribution < -0.4 is 10.3 Å². The lowest BCUT2D eigenvalue weighted by atomic mass is 10.1. The van der Waals surface area contributed by atoms with E-state index in [2.05, 4.69) is 0 Å². The van der Waals surface area contributed by atoms with Crippen LogP contribution in [0.4, 0.5) is 5.88 Å². The molecule has 4 nitrogen and oxygen atoms in total. The molecule has 0 spiro atoms. The Kier molecular flexibility index (Phi) is 2.80. The molecule has 2 aromatic rings. The molecule has 0 unspecified atom stereocenters. The maximum absolute atomic E-state index is 12.0. The monoisotopic (exact) mass is 245 g/mol. The molecule has 0 amide bonds. The lowest BCUT2D eigenvalue weighted by molar-refractivity contribution is 0.121. The Hall–Kier alpha value is -1.81. The van der Waals surface area contributed by atoms with E-state index in [1.165, 1.54) is 0 Å². The summed E-state index contributed by atoms with van der Waals surface area (Å²) in [6.07, 6.45) is 0. The Morgan fingerprint density at radius 2 is 1.94 bits per heavy atom. The number of morpholine rings is 1. The van der Waals surface area contributed by atoms with Crippen molar-refractivity contribution in [3.05, 3.63) is 40.1 Å². The molecule has 0 aliphatic carbocycles. The number of rotatable bonds is 1. The summed E-state index contributed by atoms with van der Waals surface area (Å²) in [6.45, 7) is 4.87. The molecule has 0 atom stereocenters. The Balaban J connectivity index is 2.10. The van der Waals surface area contributed by atoms with Gasteiger partial charge >= 0.3 is 0 Å². The fourth-order valence-electron chi connectivity index (χ4n) is 2.19. The molecule has 1 aliphatic rings. The van der Waals surface area contributed by atoms with E-state index >= 15 is 0 Å². The van der Waals surface area contributed by atoms with Crippen LogP contribution in [0, 0.1) is 6.92 Å². The summed E-state index contributed by atoms with van der Waals surface area (Å²) in [4.78, 5) is 14.1. The molecule has 0 radical (unpaired) electrons. The van der Waals surface area contributed by atoms with Crippen LogP contribution in [-0.2, 0) is 4.74 Å². The Bertz CT molecular complexity index is 626. The fraction of sp³-hybridized carbons (Fsp3) is 0.357. The van der Waals surface area contributed by atoms with Crippen molar-refractivity contribution in [1.29, 1.82) is 0 Å². The van der Waals surface area contributed by atoms with E-state index < -0.39 is 0 Å². The summed E-state index contributed by atoms with van der Waals surface area (Å²) in [5.74, 6) is 0.640. The van der Waals surface area contributed by atoms with Crippen LogP contribution >= 0.6 is 0 Å². The quantitative estimate of drug-likeness (QED) is 0.770. The van der Waals surface area contributed by atoms with Gasteiger partial charge in [-0.25, -0.2) is 0 Å². The normalized spacial score (nSPS) is 16.2. The van der Waals surface area contributed by atoms with Crippen molar-refractivity contribution in [3.63, 3.8) is 0 Å². The molecule has 1 fully saturated rings. The largest absolute Gasteiger partial charge is 0.440 e. The summed E-state index contributed by atoms with van der Waals surface area (Å²) in [5, 5.41) is 0.637. The molecule has 1 aromatic carbocycles. The van der Waals surface area contributed by atoms with Crippen molar-refractivity contribution >= 4 is 16.9 Å². The predicted octanol–water partition coefficient (Wildman–Crippen LogP) is 1.94. The van der Waals surface area contributed by atoms with Crippen molar-refractivity contribution in [3.8, 4) is 0 Å². The molecule has 1 aromatic heterocycles. The third-order valence-electron chi connectivity index (χ3n) is 3.19. The van der Waals surface area contributed by atoms with Crippen molar-refractivity contribution in [2.45, 2.75) is 6.92 Å². The summed E-state index contributed by atoms with van der Waals surface area (Å²) in [6, 6.07) is 7.22. The number of aryl methyl sites for hydroxylation is 1.